The molecule has 4 heterocycles. The van der Waals surface area contributed by atoms with Crippen LogP contribution in [0.25, 0.3) is 11.0 Å². The van der Waals surface area contributed by atoms with E-state index in [0.717, 1.165) is 55.7 Å². The molecule has 0 saturated carbocycles. The quantitative estimate of drug-likeness (QED) is 0.228. The van der Waals surface area contributed by atoms with Gasteiger partial charge in [-0.05, 0) is 47.9 Å². The Balaban J connectivity index is 1.46. The van der Waals surface area contributed by atoms with Gasteiger partial charge < -0.3 is 24.6 Å². The van der Waals surface area contributed by atoms with E-state index in [1.807, 2.05) is 12.3 Å². The van der Waals surface area contributed by atoms with Gasteiger partial charge in [0, 0.05) is 68.2 Å². The Morgan fingerprint density at radius 1 is 0.930 bits per heavy atom. The lowest BCUT2D eigenvalue weighted by Gasteiger charge is -2.38. The lowest BCUT2D eigenvalue weighted by atomic mass is 10.1. The number of piperazine rings is 1. The highest BCUT2D eigenvalue weighted by atomic mass is 28.3. The van der Waals surface area contributed by atoms with Gasteiger partial charge in [-0.1, -0.05) is 47.5 Å². The Labute approximate surface area is 258 Å². The summed E-state index contributed by atoms with van der Waals surface area (Å²) in [5.41, 5.74) is 9.14. The second kappa shape index (κ2) is 13.6. The van der Waals surface area contributed by atoms with Gasteiger partial charge in [-0.25, -0.2) is 4.98 Å². The number of ether oxygens (including phenoxy) is 2. The van der Waals surface area contributed by atoms with Crippen LogP contribution < -0.4 is 15.0 Å². The molecule has 2 aromatic heterocycles. The minimum absolute atomic E-state index is 0.0771. The summed E-state index contributed by atoms with van der Waals surface area (Å²) in [5.74, 6) is 4.69. The number of hydrogen-bond donors (Lipinski definition) is 1. The van der Waals surface area contributed by atoms with Crippen LogP contribution in [-0.4, -0.2) is 80.5 Å². The number of nitrogens with zero attached hydrogens (tertiary/aromatic N) is 5. The third-order valence-electron chi connectivity index (χ3n) is 9.27. The van der Waals surface area contributed by atoms with Crippen LogP contribution in [0.1, 0.15) is 59.9 Å². The average molecular weight is 601 g/mol. The largest absolute Gasteiger partial charge is 0.474 e. The van der Waals surface area contributed by atoms with Crippen molar-refractivity contribution < 1.29 is 9.47 Å². The first-order valence-corrected chi connectivity index (χ1v) is 18.1. The molecule has 230 valence electrons. The van der Waals surface area contributed by atoms with Gasteiger partial charge in [0.2, 0.25) is 11.8 Å². The minimum atomic E-state index is -1.94. The molecule has 0 radical (unpaired) electrons. The molecule has 43 heavy (non-hydrogen) atoms. The summed E-state index contributed by atoms with van der Waals surface area (Å²) in [6.07, 6.45) is 3.63. The van der Waals surface area contributed by atoms with E-state index in [1.54, 1.807) is 0 Å². The highest BCUT2D eigenvalue weighted by molar-refractivity contribution is 6.90. The number of nitrogens with one attached hydrogen (secondary N) is 1. The number of anilines is 3. The van der Waals surface area contributed by atoms with Crippen molar-refractivity contribution in [3.63, 3.8) is 0 Å². The van der Waals surface area contributed by atoms with Crippen molar-refractivity contribution in [2.24, 2.45) is 0 Å². The smallest absolute Gasteiger partial charge is 0.229 e. The van der Waals surface area contributed by atoms with E-state index in [2.05, 4.69) is 104 Å². The van der Waals surface area contributed by atoms with Crippen LogP contribution in [0.4, 0.5) is 17.3 Å². The first-order valence-electron chi connectivity index (χ1n) is 15.9. The van der Waals surface area contributed by atoms with Crippen molar-refractivity contribution in [1.82, 2.24) is 19.9 Å². The van der Waals surface area contributed by atoms with Crippen LogP contribution in [-0.2, 0) is 4.74 Å². The van der Waals surface area contributed by atoms with E-state index < -0.39 is 8.07 Å². The monoisotopic (exact) mass is 600 g/mol. The van der Waals surface area contributed by atoms with Crippen molar-refractivity contribution >= 4 is 36.4 Å². The molecule has 1 aromatic carbocycles. The summed E-state index contributed by atoms with van der Waals surface area (Å²) >= 11 is 0. The Bertz CT molecular complexity index is 1410. The molecule has 0 bridgehead atoms. The summed E-state index contributed by atoms with van der Waals surface area (Å²) in [6, 6.07) is 10.5. The summed E-state index contributed by atoms with van der Waals surface area (Å²) in [7, 11) is 0.239. The maximum atomic E-state index is 6.38. The summed E-state index contributed by atoms with van der Waals surface area (Å²) < 4.78 is 11.9. The third kappa shape index (κ3) is 7.14. The molecule has 8 nitrogen and oxygen atoms in total. The zero-order chi connectivity index (χ0) is 30.6. The van der Waals surface area contributed by atoms with Gasteiger partial charge >= 0.3 is 0 Å². The third-order valence-corrected chi connectivity index (χ3v) is 15.6. The number of hydrogen-bond acceptors (Lipinski definition) is 8. The molecule has 9 heteroatoms. The predicted octanol–water partition coefficient (Wildman–Crippen LogP) is 6.65. The van der Waals surface area contributed by atoms with Crippen molar-refractivity contribution in [3.05, 3.63) is 42.1 Å². The van der Waals surface area contributed by atoms with E-state index in [9.17, 15) is 0 Å². The molecular formula is C34H48N6O2Si. The first-order chi connectivity index (χ1) is 20.7. The van der Waals surface area contributed by atoms with Crippen molar-refractivity contribution in [2.45, 2.75) is 77.1 Å². The van der Waals surface area contributed by atoms with E-state index in [1.165, 1.54) is 5.69 Å². The summed E-state index contributed by atoms with van der Waals surface area (Å²) in [4.78, 5) is 19.2. The van der Waals surface area contributed by atoms with Gasteiger partial charge in [0.1, 0.15) is 14.2 Å². The second-order valence-electron chi connectivity index (χ2n) is 13.0. The molecule has 0 unspecified atom stereocenters. The first kappa shape index (κ1) is 31.2. The van der Waals surface area contributed by atoms with Crippen LogP contribution in [0, 0.1) is 11.5 Å². The molecule has 1 N–H and O–H groups in total. The van der Waals surface area contributed by atoms with Gasteiger partial charge in [0.15, 0.2) is 5.65 Å². The van der Waals surface area contributed by atoms with E-state index >= 15 is 0 Å². The Morgan fingerprint density at radius 2 is 1.58 bits per heavy atom. The Morgan fingerprint density at radius 3 is 2.21 bits per heavy atom. The molecule has 5 rings (SSSR count). The molecule has 0 atom stereocenters. The molecule has 3 aromatic rings. The summed E-state index contributed by atoms with van der Waals surface area (Å²) in [6.45, 7) is 19.7. The fraction of sp³-hybridized carbons (Fsp3) is 0.559. The van der Waals surface area contributed by atoms with E-state index in [-0.39, 0.29) is 6.10 Å². The van der Waals surface area contributed by atoms with Crippen LogP contribution in [0.3, 0.4) is 0 Å². The number of rotatable bonds is 8. The maximum absolute atomic E-state index is 6.38. The fourth-order valence-electron chi connectivity index (χ4n) is 6.73. The minimum Gasteiger partial charge on any atom is -0.474 e. The van der Waals surface area contributed by atoms with Gasteiger partial charge in [-0.2, -0.15) is 9.97 Å². The van der Waals surface area contributed by atoms with Gasteiger partial charge in [-0.3, -0.25) is 0 Å². The topological polar surface area (TPSA) is 75.6 Å². The lowest BCUT2D eigenvalue weighted by Crippen LogP contribution is -2.44. The van der Waals surface area contributed by atoms with Gasteiger partial charge in [-0.15, -0.1) is 5.54 Å². The van der Waals surface area contributed by atoms with Gasteiger partial charge in [0.25, 0.3) is 0 Å². The fourth-order valence-corrected chi connectivity index (χ4v) is 11.9. The molecule has 0 spiro atoms. The van der Waals surface area contributed by atoms with Crippen molar-refractivity contribution in [3.8, 4) is 17.3 Å². The molecule has 2 fully saturated rings. The number of aromatic nitrogens is 3. The number of likely N-dealkylation sites (N-methyl/N-ethyl adjacent to an activating group) is 1. The lowest BCUT2D eigenvalue weighted by molar-refractivity contribution is 0.0238. The standard InChI is InChI=1S/C34H48N6O2Si/c1-24(2)43(25(3)4,26(5)6)21-14-27-22-32(42-30-12-19-41-20-13-30)37-33-31(27)23-35-34(38-33)36-28-8-10-29(11-9-28)40-17-15-39(7)16-18-40/h8-11,22-26,30H,12-13,15-20H2,1-7H3,(H,35,36,37,38). The predicted molar refractivity (Wildman–Crippen MR) is 179 cm³/mol. The zero-order valence-electron chi connectivity index (χ0n) is 27.0. The van der Waals surface area contributed by atoms with Crippen LogP contribution in [0.2, 0.25) is 16.6 Å². The number of benzene rings is 1. The van der Waals surface area contributed by atoms with Crippen molar-refractivity contribution in [1.29, 1.82) is 0 Å². The molecule has 2 aliphatic heterocycles. The Kier molecular flexibility index (Phi) is 9.90. The van der Waals surface area contributed by atoms with E-state index in [0.29, 0.717) is 47.3 Å². The highest BCUT2D eigenvalue weighted by Crippen LogP contribution is 2.41. The SMILES string of the molecule is CC(C)[Si](C#Cc1cc(OC2CCOCC2)nc2nc(Nc3ccc(N4CCN(C)CC4)cc3)ncc12)(C(C)C)C(C)C. The maximum Gasteiger partial charge on any atom is 0.229 e. The molecule has 0 amide bonds. The molecular weight excluding hydrogens is 553 g/mol. The summed E-state index contributed by atoms with van der Waals surface area (Å²) in [5, 5.41) is 4.23. The second-order valence-corrected chi connectivity index (χ2v) is 18.6. The normalized spacial score (nSPS) is 17.0. The van der Waals surface area contributed by atoms with Crippen LogP contribution in [0.15, 0.2) is 36.5 Å². The zero-order valence-corrected chi connectivity index (χ0v) is 28.0. The molecule has 2 saturated heterocycles. The highest BCUT2D eigenvalue weighted by Gasteiger charge is 2.41. The average Bonchev–Trinajstić information content (AvgIpc) is 2.98. The molecule has 0 aliphatic carbocycles. The van der Waals surface area contributed by atoms with Crippen molar-refractivity contribution in [2.75, 3.05) is 56.7 Å². The van der Waals surface area contributed by atoms with E-state index in [4.69, 9.17) is 19.4 Å². The van der Waals surface area contributed by atoms with Crippen LogP contribution in [0.5, 0.6) is 5.88 Å². The number of pyridine rings is 1. The van der Waals surface area contributed by atoms with Crippen LogP contribution >= 0.6 is 0 Å². The molecule has 2 aliphatic rings. The van der Waals surface area contributed by atoms with Gasteiger partial charge in [0.05, 0.1) is 18.6 Å². The Hall–Kier alpha value is -3.19. The number of fused-ring (bicyclic) bond motifs is 1.